The highest BCUT2D eigenvalue weighted by Gasteiger charge is 2.39. The second-order valence-electron chi connectivity index (χ2n) is 10.1. The highest BCUT2D eigenvalue weighted by atomic mass is 32.2. The molecule has 6 heteroatoms. The van der Waals surface area contributed by atoms with Crippen LogP contribution in [0.2, 0.25) is 0 Å². The summed E-state index contributed by atoms with van der Waals surface area (Å²) < 4.78 is 23.3. The molecule has 3 fully saturated rings. The maximum absolute atomic E-state index is 11.7. The third-order valence-electron chi connectivity index (χ3n) is 5.65. The van der Waals surface area contributed by atoms with Gasteiger partial charge >= 0.3 is 0 Å². The Balaban J connectivity index is 1.63. The van der Waals surface area contributed by atoms with Gasteiger partial charge in [-0.15, -0.1) is 0 Å². The van der Waals surface area contributed by atoms with Gasteiger partial charge in [-0.1, -0.05) is 27.7 Å². The molecule has 25 heavy (non-hydrogen) atoms. The Bertz CT molecular complexity index is 605. The molecule has 2 N–H and O–H groups in total. The molecule has 1 unspecified atom stereocenters. The fourth-order valence-electron chi connectivity index (χ4n) is 4.93. The maximum Gasteiger partial charge on any atom is 0.191 e. The number of nitrogens with one attached hydrogen (secondary N) is 2. The first-order chi connectivity index (χ1) is 11.5. The van der Waals surface area contributed by atoms with Crippen molar-refractivity contribution in [3.8, 4) is 0 Å². The van der Waals surface area contributed by atoms with Gasteiger partial charge in [0, 0.05) is 18.6 Å². The van der Waals surface area contributed by atoms with Crippen LogP contribution in [0.15, 0.2) is 4.99 Å². The molecule has 0 amide bonds. The number of sulfone groups is 1. The SMILES string of the molecule is CC1(C)CC(NC(=NCC2CCS(=O)(=O)C2)NC2CC2)CC(C)(C)C1. The Kier molecular flexibility index (Phi) is 5.13. The summed E-state index contributed by atoms with van der Waals surface area (Å²) >= 11 is 0. The lowest BCUT2D eigenvalue weighted by molar-refractivity contribution is 0.0918. The van der Waals surface area contributed by atoms with Crippen molar-refractivity contribution in [3.63, 3.8) is 0 Å². The van der Waals surface area contributed by atoms with E-state index in [-0.39, 0.29) is 5.92 Å². The van der Waals surface area contributed by atoms with Crippen molar-refractivity contribution in [3.05, 3.63) is 0 Å². The van der Waals surface area contributed by atoms with Gasteiger partial charge in [-0.25, -0.2) is 8.42 Å². The number of nitrogens with zero attached hydrogens (tertiary/aromatic N) is 1. The maximum atomic E-state index is 11.7. The summed E-state index contributed by atoms with van der Waals surface area (Å²) in [5.41, 5.74) is 0.674. The van der Waals surface area contributed by atoms with Gasteiger partial charge in [0.25, 0.3) is 0 Å². The molecular formula is C19H35N3O2S. The topological polar surface area (TPSA) is 70.6 Å². The van der Waals surface area contributed by atoms with Gasteiger partial charge < -0.3 is 10.6 Å². The molecule has 1 heterocycles. The Labute approximate surface area is 153 Å². The summed E-state index contributed by atoms with van der Waals surface area (Å²) in [6, 6.07) is 0.972. The van der Waals surface area contributed by atoms with Gasteiger partial charge in [-0.2, -0.15) is 0 Å². The molecule has 2 saturated carbocycles. The predicted octanol–water partition coefficient (Wildman–Crippen LogP) is 2.72. The van der Waals surface area contributed by atoms with E-state index in [9.17, 15) is 8.42 Å². The van der Waals surface area contributed by atoms with Crippen LogP contribution in [0.3, 0.4) is 0 Å². The highest BCUT2D eigenvalue weighted by molar-refractivity contribution is 7.91. The molecule has 0 spiro atoms. The first kappa shape index (κ1) is 19.0. The largest absolute Gasteiger partial charge is 0.354 e. The molecule has 0 aromatic rings. The normalized spacial score (nSPS) is 31.7. The van der Waals surface area contributed by atoms with Gasteiger partial charge in [0.1, 0.15) is 0 Å². The zero-order valence-corrected chi connectivity index (χ0v) is 17.1. The summed E-state index contributed by atoms with van der Waals surface area (Å²) in [5, 5.41) is 7.20. The summed E-state index contributed by atoms with van der Waals surface area (Å²) in [6.45, 7) is 10.0. The van der Waals surface area contributed by atoms with E-state index < -0.39 is 9.84 Å². The van der Waals surface area contributed by atoms with E-state index >= 15 is 0 Å². The van der Waals surface area contributed by atoms with Gasteiger partial charge in [0.2, 0.25) is 0 Å². The van der Waals surface area contributed by atoms with Crippen molar-refractivity contribution < 1.29 is 8.42 Å². The standard InChI is InChI=1S/C19H35N3O2S/c1-18(2)9-16(10-19(3,4)13-18)22-17(21-15-5-6-15)20-11-14-7-8-25(23,24)12-14/h14-16H,5-13H2,1-4H3,(H2,20,21,22). The van der Waals surface area contributed by atoms with Gasteiger partial charge in [0.15, 0.2) is 15.8 Å². The van der Waals surface area contributed by atoms with E-state index in [0.717, 1.165) is 25.2 Å². The smallest absolute Gasteiger partial charge is 0.191 e. The molecule has 0 bridgehead atoms. The predicted molar refractivity (Wildman–Crippen MR) is 104 cm³/mol. The van der Waals surface area contributed by atoms with Crippen LogP contribution in [0.4, 0.5) is 0 Å². The van der Waals surface area contributed by atoms with Gasteiger partial charge in [-0.05, 0) is 55.3 Å². The van der Waals surface area contributed by atoms with Crippen LogP contribution in [-0.4, -0.2) is 44.5 Å². The Morgan fingerprint density at radius 2 is 1.60 bits per heavy atom. The van der Waals surface area contributed by atoms with Crippen LogP contribution in [0.1, 0.15) is 66.2 Å². The third kappa shape index (κ3) is 5.87. The van der Waals surface area contributed by atoms with E-state index in [1.807, 2.05) is 0 Å². The summed E-state index contributed by atoms with van der Waals surface area (Å²) in [4.78, 5) is 4.77. The van der Waals surface area contributed by atoms with Crippen LogP contribution >= 0.6 is 0 Å². The fourth-order valence-corrected chi connectivity index (χ4v) is 6.78. The average molecular weight is 370 g/mol. The van der Waals surface area contributed by atoms with Crippen molar-refractivity contribution in [2.75, 3.05) is 18.1 Å². The quantitative estimate of drug-likeness (QED) is 0.590. The van der Waals surface area contributed by atoms with E-state index in [0.29, 0.717) is 41.0 Å². The second kappa shape index (κ2) is 6.75. The summed E-state index contributed by atoms with van der Waals surface area (Å²) in [6.07, 6.45) is 6.73. The van der Waals surface area contributed by atoms with Crippen molar-refractivity contribution in [1.82, 2.24) is 10.6 Å². The summed E-state index contributed by atoms with van der Waals surface area (Å²) in [7, 11) is -2.82. The van der Waals surface area contributed by atoms with Crippen LogP contribution in [0.5, 0.6) is 0 Å². The molecule has 0 aromatic heterocycles. The summed E-state index contributed by atoms with van der Waals surface area (Å²) in [5.74, 6) is 1.71. The minimum atomic E-state index is -2.82. The zero-order chi connectivity index (χ0) is 18.3. The van der Waals surface area contributed by atoms with E-state index in [2.05, 4.69) is 38.3 Å². The molecule has 0 aromatic carbocycles. The Morgan fingerprint density at radius 3 is 2.12 bits per heavy atom. The van der Waals surface area contributed by atoms with Crippen molar-refractivity contribution in [2.24, 2.45) is 21.7 Å². The molecule has 3 rings (SSSR count). The third-order valence-corrected chi connectivity index (χ3v) is 7.49. The Morgan fingerprint density at radius 1 is 1.00 bits per heavy atom. The minimum Gasteiger partial charge on any atom is -0.354 e. The van der Waals surface area contributed by atoms with Crippen LogP contribution in [-0.2, 0) is 9.84 Å². The van der Waals surface area contributed by atoms with Gasteiger partial charge in [0.05, 0.1) is 11.5 Å². The molecule has 1 aliphatic heterocycles. The molecule has 1 atom stereocenters. The molecule has 5 nitrogen and oxygen atoms in total. The van der Waals surface area contributed by atoms with Crippen LogP contribution < -0.4 is 10.6 Å². The second-order valence-corrected chi connectivity index (χ2v) is 12.4. The van der Waals surface area contributed by atoms with Crippen molar-refractivity contribution >= 4 is 15.8 Å². The number of hydrogen-bond donors (Lipinski definition) is 2. The van der Waals surface area contributed by atoms with Crippen molar-refractivity contribution in [1.29, 1.82) is 0 Å². The highest BCUT2D eigenvalue weighted by Crippen LogP contribution is 2.45. The zero-order valence-electron chi connectivity index (χ0n) is 16.3. The lowest BCUT2D eigenvalue weighted by Crippen LogP contribution is -2.50. The number of guanidine groups is 1. The molecule has 2 aliphatic carbocycles. The average Bonchev–Trinajstić information content (AvgIpc) is 3.15. The Hall–Kier alpha value is -0.780. The first-order valence-electron chi connectivity index (χ1n) is 9.80. The first-order valence-corrected chi connectivity index (χ1v) is 11.6. The molecular weight excluding hydrogens is 334 g/mol. The lowest BCUT2D eigenvalue weighted by Gasteiger charge is -2.45. The molecule has 0 radical (unpaired) electrons. The fraction of sp³-hybridized carbons (Fsp3) is 0.947. The van der Waals surface area contributed by atoms with E-state index in [1.54, 1.807) is 0 Å². The van der Waals surface area contributed by atoms with E-state index in [4.69, 9.17) is 4.99 Å². The molecule has 1 saturated heterocycles. The number of hydrogen-bond acceptors (Lipinski definition) is 3. The van der Waals surface area contributed by atoms with Crippen LogP contribution in [0, 0.1) is 16.7 Å². The molecule has 3 aliphatic rings. The minimum absolute atomic E-state index is 0.182. The van der Waals surface area contributed by atoms with Crippen molar-refractivity contribution in [2.45, 2.75) is 78.3 Å². The monoisotopic (exact) mass is 369 g/mol. The van der Waals surface area contributed by atoms with Gasteiger partial charge in [-0.3, -0.25) is 4.99 Å². The molecule has 144 valence electrons. The number of aliphatic imine (C=N–C) groups is 1. The van der Waals surface area contributed by atoms with Crippen LogP contribution in [0.25, 0.3) is 0 Å². The number of rotatable bonds is 4. The lowest BCUT2D eigenvalue weighted by atomic mass is 9.63. The van der Waals surface area contributed by atoms with E-state index in [1.165, 1.54) is 19.3 Å².